The Labute approximate surface area is 127 Å². The fraction of sp³-hybridized carbons (Fsp3) is 0.294. The van der Waals surface area contributed by atoms with E-state index in [-0.39, 0.29) is 22.8 Å². The van der Waals surface area contributed by atoms with Gasteiger partial charge < -0.3 is 10.3 Å². The van der Waals surface area contributed by atoms with Crippen molar-refractivity contribution < 1.29 is 9.18 Å². The van der Waals surface area contributed by atoms with Gasteiger partial charge in [0.15, 0.2) is 0 Å². The van der Waals surface area contributed by atoms with E-state index >= 15 is 0 Å². The van der Waals surface area contributed by atoms with Crippen LogP contribution in [0.25, 0.3) is 0 Å². The van der Waals surface area contributed by atoms with Gasteiger partial charge in [0, 0.05) is 12.2 Å². The second-order valence-electron chi connectivity index (χ2n) is 5.50. The van der Waals surface area contributed by atoms with Crippen molar-refractivity contribution in [2.45, 2.75) is 25.7 Å². The molecule has 1 amide bonds. The summed E-state index contributed by atoms with van der Waals surface area (Å²) in [6.45, 7) is 0.404. The molecule has 1 heterocycles. The summed E-state index contributed by atoms with van der Waals surface area (Å²) >= 11 is 0. The Morgan fingerprint density at radius 1 is 1.23 bits per heavy atom. The lowest BCUT2D eigenvalue weighted by molar-refractivity contribution is 0.0952. The standard InChI is InChI=1S/C17H17FN2O2/c18-13-6-4-11(5-7-13)8-9-19-16(21)14-10-12-2-1-3-15(12)20-17(14)22/h4-7,10H,1-3,8-9H2,(H,19,21)(H,20,22). The van der Waals surface area contributed by atoms with Gasteiger partial charge in [-0.2, -0.15) is 0 Å². The van der Waals surface area contributed by atoms with E-state index in [0.717, 1.165) is 36.1 Å². The van der Waals surface area contributed by atoms with E-state index < -0.39 is 0 Å². The number of halogens is 1. The molecule has 0 saturated carbocycles. The second kappa shape index (κ2) is 6.13. The van der Waals surface area contributed by atoms with Gasteiger partial charge >= 0.3 is 0 Å². The van der Waals surface area contributed by atoms with E-state index in [4.69, 9.17) is 0 Å². The van der Waals surface area contributed by atoms with Crippen LogP contribution in [-0.4, -0.2) is 17.4 Å². The van der Waals surface area contributed by atoms with Gasteiger partial charge in [-0.3, -0.25) is 9.59 Å². The largest absolute Gasteiger partial charge is 0.352 e. The lowest BCUT2D eigenvalue weighted by Gasteiger charge is -2.07. The number of aromatic nitrogens is 1. The molecule has 0 spiro atoms. The topological polar surface area (TPSA) is 62.0 Å². The van der Waals surface area contributed by atoms with Crippen molar-refractivity contribution in [3.05, 3.63) is 68.9 Å². The third kappa shape index (κ3) is 3.08. The van der Waals surface area contributed by atoms with Crippen LogP contribution in [0.15, 0.2) is 35.1 Å². The second-order valence-corrected chi connectivity index (χ2v) is 5.50. The monoisotopic (exact) mass is 300 g/mol. The molecule has 5 heteroatoms. The number of hydrogen-bond acceptors (Lipinski definition) is 2. The van der Waals surface area contributed by atoms with Crippen molar-refractivity contribution in [1.82, 2.24) is 10.3 Å². The summed E-state index contributed by atoms with van der Waals surface area (Å²) < 4.78 is 12.8. The van der Waals surface area contributed by atoms with Gasteiger partial charge in [-0.05, 0) is 55.0 Å². The molecule has 4 nitrogen and oxygen atoms in total. The first kappa shape index (κ1) is 14.5. The highest BCUT2D eigenvalue weighted by Crippen LogP contribution is 2.18. The zero-order valence-electron chi connectivity index (χ0n) is 12.1. The van der Waals surface area contributed by atoms with E-state index in [1.165, 1.54) is 12.1 Å². The number of carbonyl (C=O) groups is 1. The molecule has 0 unspecified atom stereocenters. The number of fused-ring (bicyclic) bond motifs is 1. The summed E-state index contributed by atoms with van der Waals surface area (Å²) in [5.74, 6) is -0.643. The normalized spacial score (nSPS) is 13.0. The third-order valence-electron chi connectivity index (χ3n) is 3.95. The molecule has 3 rings (SSSR count). The van der Waals surface area contributed by atoms with Crippen molar-refractivity contribution in [2.75, 3.05) is 6.54 Å². The van der Waals surface area contributed by atoms with Crippen LogP contribution in [0, 0.1) is 5.82 Å². The predicted octanol–water partition coefficient (Wildman–Crippen LogP) is 1.98. The fourth-order valence-corrected chi connectivity index (χ4v) is 2.75. The molecule has 22 heavy (non-hydrogen) atoms. The number of carbonyl (C=O) groups excluding carboxylic acids is 1. The molecule has 1 aromatic heterocycles. The van der Waals surface area contributed by atoms with Crippen LogP contribution in [-0.2, 0) is 19.3 Å². The predicted molar refractivity (Wildman–Crippen MR) is 81.5 cm³/mol. The van der Waals surface area contributed by atoms with E-state index in [1.807, 2.05) is 0 Å². The van der Waals surface area contributed by atoms with Gasteiger partial charge in [-0.1, -0.05) is 12.1 Å². The van der Waals surface area contributed by atoms with Gasteiger partial charge in [0.05, 0.1) is 0 Å². The average Bonchev–Trinajstić information content (AvgIpc) is 2.95. The minimum absolute atomic E-state index is 0.166. The number of nitrogens with one attached hydrogen (secondary N) is 2. The lowest BCUT2D eigenvalue weighted by atomic mass is 10.1. The van der Waals surface area contributed by atoms with E-state index in [9.17, 15) is 14.0 Å². The number of aromatic amines is 1. The first-order valence-electron chi connectivity index (χ1n) is 7.41. The van der Waals surface area contributed by atoms with Gasteiger partial charge in [-0.25, -0.2) is 4.39 Å². The van der Waals surface area contributed by atoms with E-state index in [2.05, 4.69) is 10.3 Å². The summed E-state index contributed by atoms with van der Waals surface area (Å²) in [4.78, 5) is 26.8. The molecule has 0 bridgehead atoms. The molecule has 0 radical (unpaired) electrons. The average molecular weight is 300 g/mol. The van der Waals surface area contributed by atoms with Gasteiger partial charge in [0.1, 0.15) is 11.4 Å². The Hall–Kier alpha value is -2.43. The number of amides is 1. The smallest absolute Gasteiger partial charge is 0.261 e. The van der Waals surface area contributed by atoms with Crippen LogP contribution in [0.3, 0.4) is 0 Å². The molecule has 0 saturated heterocycles. The van der Waals surface area contributed by atoms with Gasteiger partial charge in [-0.15, -0.1) is 0 Å². The highest BCUT2D eigenvalue weighted by atomic mass is 19.1. The highest BCUT2D eigenvalue weighted by Gasteiger charge is 2.17. The summed E-state index contributed by atoms with van der Waals surface area (Å²) in [5.41, 5.74) is 2.78. The summed E-state index contributed by atoms with van der Waals surface area (Å²) in [6, 6.07) is 7.85. The van der Waals surface area contributed by atoms with Crippen LogP contribution >= 0.6 is 0 Å². The third-order valence-corrected chi connectivity index (χ3v) is 3.95. The number of benzene rings is 1. The molecule has 0 atom stereocenters. The maximum Gasteiger partial charge on any atom is 0.261 e. The minimum atomic E-state index is -0.363. The molecule has 1 aliphatic carbocycles. The Kier molecular flexibility index (Phi) is 4.04. The summed E-state index contributed by atoms with van der Waals surface area (Å²) in [7, 11) is 0. The molecule has 2 aromatic rings. The molecule has 0 fully saturated rings. The Morgan fingerprint density at radius 2 is 2.00 bits per heavy atom. The first-order valence-corrected chi connectivity index (χ1v) is 7.41. The van der Waals surface area contributed by atoms with E-state index in [0.29, 0.717) is 13.0 Å². The maximum atomic E-state index is 12.8. The Bertz CT molecular complexity index is 750. The van der Waals surface area contributed by atoms with Crippen LogP contribution in [0.5, 0.6) is 0 Å². The molecule has 0 aliphatic heterocycles. The zero-order valence-corrected chi connectivity index (χ0v) is 12.1. The molecule has 114 valence electrons. The molecular weight excluding hydrogens is 283 g/mol. The van der Waals surface area contributed by atoms with E-state index in [1.54, 1.807) is 18.2 Å². The number of hydrogen-bond donors (Lipinski definition) is 2. The molecular formula is C17H17FN2O2. The van der Waals surface area contributed by atoms with Crippen LogP contribution in [0.1, 0.15) is 33.6 Å². The number of H-pyrrole nitrogens is 1. The lowest BCUT2D eigenvalue weighted by Crippen LogP contribution is -2.31. The minimum Gasteiger partial charge on any atom is -0.352 e. The summed E-state index contributed by atoms with van der Waals surface area (Å²) in [5, 5.41) is 2.74. The van der Waals surface area contributed by atoms with Crippen molar-refractivity contribution >= 4 is 5.91 Å². The fourth-order valence-electron chi connectivity index (χ4n) is 2.75. The van der Waals surface area contributed by atoms with Gasteiger partial charge in [0.25, 0.3) is 11.5 Å². The van der Waals surface area contributed by atoms with Crippen molar-refractivity contribution in [2.24, 2.45) is 0 Å². The van der Waals surface area contributed by atoms with Crippen molar-refractivity contribution in [1.29, 1.82) is 0 Å². The Balaban J connectivity index is 1.63. The number of pyridine rings is 1. The number of rotatable bonds is 4. The summed E-state index contributed by atoms with van der Waals surface area (Å²) in [6.07, 6.45) is 3.38. The van der Waals surface area contributed by atoms with Crippen LogP contribution in [0.4, 0.5) is 4.39 Å². The quantitative estimate of drug-likeness (QED) is 0.907. The zero-order chi connectivity index (χ0) is 15.5. The first-order chi connectivity index (χ1) is 10.6. The van der Waals surface area contributed by atoms with Crippen molar-refractivity contribution in [3.8, 4) is 0 Å². The number of aryl methyl sites for hydroxylation is 2. The highest BCUT2D eigenvalue weighted by molar-refractivity contribution is 5.94. The van der Waals surface area contributed by atoms with Crippen LogP contribution < -0.4 is 10.9 Å². The van der Waals surface area contributed by atoms with Crippen molar-refractivity contribution in [3.63, 3.8) is 0 Å². The maximum absolute atomic E-state index is 12.8. The van der Waals surface area contributed by atoms with Crippen LogP contribution in [0.2, 0.25) is 0 Å². The molecule has 1 aromatic carbocycles. The molecule has 1 aliphatic rings. The Morgan fingerprint density at radius 3 is 2.77 bits per heavy atom. The van der Waals surface area contributed by atoms with Gasteiger partial charge in [0.2, 0.25) is 0 Å². The SMILES string of the molecule is O=C(NCCc1ccc(F)cc1)c1cc2c([nH]c1=O)CCC2. The molecule has 2 N–H and O–H groups in total.